The van der Waals surface area contributed by atoms with Gasteiger partial charge < -0.3 is 15.2 Å². The van der Waals surface area contributed by atoms with Crippen LogP contribution in [0.3, 0.4) is 0 Å². The topological polar surface area (TPSA) is 58.6 Å². The normalized spacial score (nSPS) is 13.8. The first-order chi connectivity index (χ1) is 14.8. The molecule has 2 N–H and O–H groups in total. The molecule has 0 heterocycles. The third-order valence-corrected chi connectivity index (χ3v) is 5.12. The molecule has 0 aromatic heterocycles. The molecule has 2 aromatic rings. The molecule has 0 fully saturated rings. The van der Waals surface area contributed by atoms with Crippen molar-refractivity contribution in [2.75, 3.05) is 13.2 Å². The van der Waals surface area contributed by atoms with Crippen LogP contribution in [-0.4, -0.2) is 30.3 Å². The molecule has 0 radical (unpaired) electrons. The molecule has 0 unspecified atom stereocenters. The van der Waals surface area contributed by atoms with Gasteiger partial charge in [-0.1, -0.05) is 93.6 Å². The van der Waals surface area contributed by atoms with E-state index in [-0.39, 0.29) is 23.7 Å². The molecule has 0 aliphatic heterocycles. The summed E-state index contributed by atoms with van der Waals surface area (Å²) < 4.78 is 5.33. The molecule has 0 saturated carbocycles. The molecule has 0 spiro atoms. The van der Waals surface area contributed by atoms with E-state index in [2.05, 4.69) is 50.4 Å². The summed E-state index contributed by atoms with van der Waals surface area (Å²) in [5, 5.41) is 14.1. The minimum absolute atomic E-state index is 0.0898. The standard InChI is InChI=1S/C27H37NO3/c1-27(2,3)17-18-31-26(30)16-10-15-24(19-22-11-6-4-7-12-22)25(29)21-28-20-23-13-8-5-9-14-23/h4-15,24-25,28-29H,16-21H2,1-3H3/b15-10+/t24-,25+/m0/s1. The summed E-state index contributed by atoms with van der Waals surface area (Å²) in [5.74, 6) is -0.316. The van der Waals surface area contributed by atoms with Crippen molar-refractivity contribution in [2.45, 2.75) is 52.7 Å². The highest BCUT2D eigenvalue weighted by Gasteiger charge is 2.17. The van der Waals surface area contributed by atoms with E-state index in [9.17, 15) is 9.90 Å². The van der Waals surface area contributed by atoms with Crippen molar-refractivity contribution in [3.63, 3.8) is 0 Å². The molecule has 0 saturated heterocycles. The Labute approximate surface area is 187 Å². The molecule has 2 aromatic carbocycles. The maximum Gasteiger partial charge on any atom is 0.309 e. The van der Waals surface area contributed by atoms with Crippen LogP contribution in [0.25, 0.3) is 0 Å². The van der Waals surface area contributed by atoms with E-state index in [4.69, 9.17) is 4.74 Å². The number of benzene rings is 2. The Kier molecular flexibility index (Phi) is 10.5. The van der Waals surface area contributed by atoms with Gasteiger partial charge in [-0.2, -0.15) is 0 Å². The second kappa shape index (κ2) is 13.1. The van der Waals surface area contributed by atoms with Gasteiger partial charge in [-0.3, -0.25) is 4.79 Å². The summed E-state index contributed by atoms with van der Waals surface area (Å²) in [7, 11) is 0. The number of rotatable bonds is 12. The molecule has 2 rings (SSSR count). The van der Waals surface area contributed by atoms with Gasteiger partial charge in [0.05, 0.1) is 19.1 Å². The molecule has 31 heavy (non-hydrogen) atoms. The molecule has 2 atom stereocenters. The van der Waals surface area contributed by atoms with Gasteiger partial charge >= 0.3 is 5.97 Å². The van der Waals surface area contributed by atoms with Crippen molar-refractivity contribution in [3.8, 4) is 0 Å². The first-order valence-electron chi connectivity index (χ1n) is 11.1. The lowest BCUT2D eigenvalue weighted by Crippen LogP contribution is -2.33. The number of carbonyl (C=O) groups excluding carboxylic acids is 1. The van der Waals surface area contributed by atoms with Crippen molar-refractivity contribution >= 4 is 5.97 Å². The molecule has 0 bridgehead atoms. The van der Waals surface area contributed by atoms with Gasteiger partial charge in [0.1, 0.15) is 0 Å². The van der Waals surface area contributed by atoms with E-state index in [0.717, 1.165) is 12.0 Å². The van der Waals surface area contributed by atoms with Gasteiger partial charge in [-0.05, 0) is 29.4 Å². The van der Waals surface area contributed by atoms with Crippen molar-refractivity contribution in [3.05, 3.63) is 83.9 Å². The predicted molar refractivity (Wildman–Crippen MR) is 127 cm³/mol. The molecule has 4 nitrogen and oxygen atoms in total. The largest absolute Gasteiger partial charge is 0.465 e. The number of esters is 1. The van der Waals surface area contributed by atoms with Crippen molar-refractivity contribution < 1.29 is 14.6 Å². The van der Waals surface area contributed by atoms with E-state index < -0.39 is 6.10 Å². The zero-order chi connectivity index (χ0) is 22.5. The van der Waals surface area contributed by atoms with Gasteiger partial charge in [0.15, 0.2) is 0 Å². The summed E-state index contributed by atoms with van der Waals surface area (Å²) >= 11 is 0. The van der Waals surface area contributed by atoms with E-state index in [1.807, 2.05) is 48.6 Å². The highest BCUT2D eigenvalue weighted by atomic mass is 16.5. The van der Waals surface area contributed by atoms with Crippen LogP contribution in [-0.2, 0) is 22.5 Å². The molecule has 0 amide bonds. The van der Waals surface area contributed by atoms with Gasteiger partial charge in [0.25, 0.3) is 0 Å². The third kappa shape index (κ3) is 11.0. The second-order valence-electron chi connectivity index (χ2n) is 9.20. The minimum Gasteiger partial charge on any atom is -0.465 e. The fourth-order valence-electron chi connectivity index (χ4n) is 3.20. The van der Waals surface area contributed by atoms with E-state index in [1.165, 1.54) is 5.56 Å². The minimum atomic E-state index is -0.558. The number of carbonyl (C=O) groups is 1. The van der Waals surface area contributed by atoms with Gasteiger partial charge in [0, 0.05) is 19.0 Å². The Bertz CT molecular complexity index is 781. The lowest BCUT2D eigenvalue weighted by molar-refractivity contribution is -0.143. The zero-order valence-electron chi connectivity index (χ0n) is 19.1. The lowest BCUT2D eigenvalue weighted by atomic mass is 9.93. The summed E-state index contributed by atoms with van der Waals surface area (Å²) in [5.41, 5.74) is 2.49. The van der Waals surface area contributed by atoms with Crippen molar-refractivity contribution in [2.24, 2.45) is 11.3 Å². The molecule has 0 aliphatic rings. The average Bonchev–Trinajstić information content (AvgIpc) is 2.73. The highest BCUT2D eigenvalue weighted by molar-refractivity contribution is 5.71. The Morgan fingerprint density at radius 3 is 2.26 bits per heavy atom. The van der Waals surface area contributed by atoms with E-state index in [1.54, 1.807) is 0 Å². The fourth-order valence-corrected chi connectivity index (χ4v) is 3.20. The number of hydrogen-bond donors (Lipinski definition) is 2. The number of aliphatic hydroxyl groups excluding tert-OH is 1. The van der Waals surface area contributed by atoms with Crippen LogP contribution < -0.4 is 5.32 Å². The Balaban J connectivity index is 1.88. The van der Waals surface area contributed by atoms with Crippen LogP contribution in [0.5, 0.6) is 0 Å². The lowest BCUT2D eigenvalue weighted by Gasteiger charge is -2.21. The maximum atomic E-state index is 12.0. The Morgan fingerprint density at radius 2 is 1.65 bits per heavy atom. The molecule has 0 aliphatic carbocycles. The number of ether oxygens (including phenoxy) is 1. The van der Waals surface area contributed by atoms with Crippen LogP contribution in [0, 0.1) is 11.3 Å². The van der Waals surface area contributed by atoms with Crippen LogP contribution in [0.4, 0.5) is 0 Å². The second-order valence-corrected chi connectivity index (χ2v) is 9.20. The monoisotopic (exact) mass is 423 g/mol. The number of nitrogens with one attached hydrogen (secondary N) is 1. The van der Waals surface area contributed by atoms with Crippen LogP contribution >= 0.6 is 0 Å². The summed E-state index contributed by atoms with van der Waals surface area (Å²) in [6.07, 6.45) is 4.99. The zero-order valence-corrected chi connectivity index (χ0v) is 19.1. The first-order valence-corrected chi connectivity index (χ1v) is 11.1. The molecular weight excluding hydrogens is 386 g/mol. The maximum absolute atomic E-state index is 12.0. The molecule has 4 heteroatoms. The number of hydrogen-bond acceptors (Lipinski definition) is 4. The Hall–Kier alpha value is -2.43. The van der Waals surface area contributed by atoms with Gasteiger partial charge in [-0.25, -0.2) is 0 Å². The summed E-state index contributed by atoms with van der Waals surface area (Å²) in [4.78, 5) is 12.0. The number of aliphatic hydroxyl groups is 1. The van der Waals surface area contributed by atoms with Crippen LogP contribution in [0.1, 0.15) is 44.7 Å². The predicted octanol–water partition coefficient (Wildman–Crippen LogP) is 4.92. The fraction of sp³-hybridized carbons (Fsp3) is 0.444. The van der Waals surface area contributed by atoms with Crippen molar-refractivity contribution in [1.29, 1.82) is 0 Å². The average molecular weight is 424 g/mol. The highest BCUT2D eigenvalue weighted by Crippen LogP contribution is 2.18. The molecule has 168 valence electrons. The van der Waals surface area contributed by atoms with Crippen LogP contribution in [0.2, 0.25) is 0 Å². The smallest absolute Gasteiger partial charge is 0.309 e. The summed E-state index contributed by atoms with van der Waals surface area (Å²) in [6, 6.07) is 20.2. The van der Waals surface area contributed by atoms with Gasteiger partial charge in [0.2, 0.25) is 0 Å². The van der Waals surface area contributed by atoms with Gasteiger partial charge in [-0.15, -0.1) is 0 Å². The van der Waals surface area contributed by atoms with E-state index in [0.29, 0.717) is 26.1 Å². The summed E-state index contributed by atoms with van der Waals surface area (Å²) in [6.45, 7) is 8.01. The molecular formula is C27H37NO3. The SMILES string of the molecule is CC(C)(C)CCOC(=O)C/C=C/[C@@H](Cc1ccccc1)[C@H](O)CNCc1ccccc1. The Morgan fingerprint density at radius 1 is 1.03 bits per heavy atom. The van der Waals surface area contributed by atoms with Crippen molar-refractivity contribution in [1.82, 2.24) is 5.32 Å². The first kappa shape index (κ1) is 24.8. The van der Waals surface area contributed by atoms with E-state index >= 15 is 0 Å². The third-order valence-electron chi connectivity index (χ3n) is 5.12. The quantitative estimate of drug-likeness (QED) is 0.376. The van der Waals surface area contributed by atoms with Crippen LogP contribution in [0.15, 0.2) is 72.8 Å².